The highest BCUT2D eigenvalue weighted by atomic mass is 14.7. The van der Waals surface area contributed by atoms with E-state index in [1.165, 1.54) is 10.9 Å². The van der Waals surface area contributed by atoms with E-state index in [0.717, 1.165) is 11.2 Å². The van der Waals surface area contributed by atoms with Gasteiger partial charge in [-0.05, 0) is 29.8 Å². The van der Waals surface area contributed by atoms with Gasteiger partial charge in [-0.25, -0.2) is 0 Å². The van der Waals surface area contributed by atoms with Crippen LogP contribution in [0.1, 0.15) is 11.3 Å². The summed E-state index contributed by atoms with van der Waals surface area (Å²) < 4.78 is 0. The van der Waals surface area contributed by atoms with E-state index in [9.17, 15) is 0 Å². The van der Waals surface area contributed by atoms with Crippen molar-refractivity contribution >= 4 is 23.1 Å². The molecule has 0 bridgehead atoms. The third-order valence-corrected chi connectivity index (χ3v) is 2.74. The van der Waals surface area contributed by atoms with Crippen molar-refractivity contribution in [2.75, 3.05) is 0 Å². The SMILES string of the molecule is C(=Cc1c[nH]c2ccccc12)c1ccccn1. The number of nitrogens with zero attached hydrogens (tertiary/aromatic N) is 1. The zero-order chi connectivity index (χ0) is 11.5. The second kappa shape index (κ2) is 4.26. The van der Waals surface area contributed by atoms with Crippen molar-refractivity contribution < 1.29 is 0 Å². The van der Waals surface area contributed by atoms with Gasteiger partial charge in [0, 0.05) is 23.3 Å². The van der Waals surface area contributed by atoms with Crippen LogP contribution >= 0.6 is 0 Å². The number of aromatic nitrogens is 2. The van der Waals surface area contributed by atoms with Crippen molar-refractivity contribution in [3.63, 3.8) is 0 Å². The predicted molar refractivity (Wildman–Crippen MR) is 71.5 cm³/mol. The van der Waals surface area contributed by atoms with Crippen LogP contribution in [0.2, 0.25) is 0 Å². The molecule has 0 aliphatic heterocycles. The molecule has 0 saturated carbocycles. The van der Waals surface area contributed by atoms with Crippen molar-refractivity contribution in [3.05, 3.63) is 66.1 Å². The molecule has 17 heavy (non-hydrogen) atoms. The minimum absolute atomic E-state index is 0.970. The summed E-state index contributed by atoms with van der Waals surface area (Å²) in [5.74, 6) is 0. The summed E-state index contributed by atoms with van der Waals surface area (Å²) in [5.41, 5.74) is 3.32. The molecule has 0 atom stereocenters. The number of pyridine rings is 1. The van der Waals surface area contributed by atoms with Crippen molar-refractivity contribution in [1.29, 1.82) is 0 Å². The third-order valence-electron chi connectivity index (χ3n) is 2.74. The average molecular weight is 220 g/mol. The van der Waals surface area contributed by atoms with E-state index >= 15 is 0 Å². The number of hydrogen-bond acceptors (Lipinski definition) is 1. The molecule has 2 aromatic heterocycles. The van der Waals surface area contributed by atoms with E-state index in [-0.39, 0.29) is 0 Å². The number of aromatic amines is 1. The number of hydrogen-bond donors (Lipinski definition) is 1. The zero-order valence-electron chi connectivity index (χ0n) is 9.30. The fourth-order valence-electron chi connectivity index (χ4n) is 1.88. The van der Waals surface area contributed by atoms with E-state index in [1.807, 2.05) is 42.6 Å². The van der Waals surface area contributed by atoms with Crippen LogP contribution in [0.3, 0.4) is 0 Å². The Balaban J connectivity index is 1.98. The van der Waals surface area contributed by atoms with Gasteiger partial charge in [0.05, 0.1) is 5.69 Å². The Kier molecular flexibility index (Phi) is 2.47. The molecule has 2 heterocycles. The molecule has 82 valence electrons. The van der Waals surface area contributed by atoms with Crippen molar-refractivity contribution in [3.8, 4) is 0 Å². The summed E-state index contributed by atoms with van der Waals surface area (Å²) in [4.78, 5) is 7.51. The molecule has 0 fully saturated rings. The van der Waals surface area contributed by atoms with Crippen LogP contribution in [0.25, 0.3) is 23.1 Å². The average Bonchev–Trinajstić information content (AvgIpc) is 2.81. The minimum atomic E-state index is 0.970. The maximum atomic E-state index is 4.26. The molecular weight excluding hydrogens is 208 g/mol. The number of H-pyrrole nitrogens is 1. The van der Waals surface area contributed by atoms with E-state index in [0.29, 0.717) is 0 Å². The third kappa shape index (κ3) is 1.97. The number of nitrogens with one attached hydrogen (secondary N) is 1. The fourth-order valence-corrected chi connectivity index (χ4v) is 1.88. The van der Waals surface area contributed by atoms with E-state index in [2.05, 4.69) is 28.2 Å². The van der Waals surface area contributed by atoms with Gasteiger partial charge in [0.25, 0.3) is 0 Å². The first-order valence-electron chi connectivity index (χ1n) is 5.59. The summed E-state index contributed by atoms with van der Waals surface area (Å²) in [7, 11) is 0. The lowest BCUT2D eigenvalue weighted by Crippen LogP contribution is -1.76. The maximum absolute atomic E-state index is 4.26. The molecule has 0 saturated heterocycles. The molecule has 3 aromatic rings. The Morgan fingerprint density at radius 2 is 1.82 bits per heavy atom. The molecule has 1 aromatic carbocycles. The van der Waals surface area contributed by atoms with Gasteiger partial charge in [-0.2, -0.15) is 0 Å². The van der Waals surface area contributed by atoms with Crippen LogP contribution in [0, 0.1) is 0 Å². The molecule has 0 aliphatic carbocycles. The van der Waals surface area contributed by atoms with Gasteiger partial charge in [0.15, 0.2) is 0 Å². The van der Waals surface area contributed by atoms with Crippen molar-refractivity contribution in [2.24, 2.45) is 0 Å². The predicted octanol–water partition coefficient (Wildman–Crippen LogP) is 3.73. The lowest BCUT2D eigenvalue weighted by atomic mass is 10.1. The van der Waals surface area contributed by atoms with Crippen LogP contribution in [0.5, 0.6) is 0 Å². The molecule has 0 unspecified atom stereocenters. The second-order valence-corrected chi connectivity index (χ2v) is 3.88. The van der Waals surface area contributed by atoms with Gasteiger partial charge in [0.2, 0.25) is 0 Å². The maximum Gasteiger partial charge on any atom is 0.0629 e. The van der Waals surface area contributed by atoms with Crippen LogP contribution in [0.15, 0.2) is 54.9 Å². The highest BCUT2D eigenvalue weighted by Crippen LogP contribution is 2.19. The first-order valence-corrected chi connectivity index (χ1v) is 5.59. The Hall–Kier alpha value is -2.35. The van der Waals surface area contributed by atoms with E-state index in [4.69, 9.17) is 0 Å². The summed E-state index contributed by atoms with van der Waals surface area (Å²) >= 11 is 0. The minimum Gasteiger partial charge on any atom is -0.361 e. The Labute approximate surface area is 99.6 Å². The Morgan fingerprint density at radius 1 is 0.941 bits per heavy atom. The number of benzene rings is 1. The summed E-state index contributed by atoms with van der Waals surface area (Å²) in [6, 6.07) is 14.2. The number of para-hydroxylation sites is 1. The largest absolute Gasteiger partial charge is 0.361 e. The molecule has 0 aliphatic rings. The van der Waals surface area contributed by atoms with Crippen LogP contribution in [-0.2, 0) is 0 Å². The van der Waals surface area contributed by atoms with Gasteiger partial charge in [0.1, 0.15) is 0 Å². The summed E-state index contributed by atoms with van der Waals surface area (Å²) in [6.07, 6.45) is 7.93. The van der Waals surface area contributed by atoms with Crippen LogP contribution < -0.4 is 0 Å². The molecular formula is C15H12N2. The number of rotatable bonds is 2. The van der Waals surface area contributed by atoms with Gasteiger partial charge in [-0.3, -0.25) is 4.98 Å². The van der Waals surface area contributed by atoms with Crippen LogP contribution in [-0.4, -0.2) is 9.97 Å². The van der Waals surface area contributed by atoms with Crippen LogP contribution in [0.4, 0.5) is 0 Å². The molecule has 1 N–H and O–H groups in total. The highest BCUT2D eigenvalue weighted by Gasteiger charge is 1.98. The first-order chi connectivity index (χ1) is 8.43. The smallest absolute Gasteiger partial charge is 0.0629 e. The standard InChI is InChI=1S/C15H12N2/c1-2-7-15-14(6-1)12(11-17-15)8-9-13-5-3-4-10-16-13/h1-11,17H. The van der Waals surface area contributed by atoms with Crippen molar-refractivity contribution in [1.82, 2.24) is 9.97 Å². The van der Waals surface area contributed by atoms with Gasteiger partial charge >= 0.3 is 0 Å². The highest BCUT2D eigenvalue weighted by molar-refractivity contribution is 5.91. The fraction of sp³-hybridized carbons (Fsp3) is 0. The topological polar surface area (TPSA) is 28.7 Å². The summed E-state index contributed by atoms with van der Waals surface area (Å²) in [5, 5.41) is 1.24. The molecule has 0 amide bonds. The second-order valence-electron chi connectivity index (χ2n) is 3.88. The van der Waals surface area contributed by atoms with Gasteiger partial charge in [-0.1, -0.05) is 30.3 Å². The van der Waals surface area contributed by atoms with Gasteiger partial charge < -0.3 is 4.98 Å². The normalized spacial score (nSPS) is 11.3. The van der Waals surface area contributed by atoms with E-state index < -0.39 is 0 Å². The summed E-state index contributed by atoms with van der Waals surface area (Å²) in [6.45, 7) is 0. The van der Waals surface area contributed by atoms with Gasteiger partial charge in [-0.15, -0.1) is 0 Å². The van der Waals surface area contributed by atoms with Crippen molar-refractivity contribution in [2.45, 2.75) is 0 Å². The monoisotopic (exact) mass is 220 g/mol. The quantitative estimate of drug-likeness (QED) is 0.700. The number of fused-ring (bicyclic) bond motifs is 1. The molecule has 2 nitrogen and oxygen atoms in total. The zero-order valence-corrected chi connectivity index (χ0v) is 9.30. The lowest BCUT2D eigenvalue weighted by molar-refractivity contribution is 1.30. The molecule has 0 radical (unpaired) electrons. The molecule has 3 rings (SSSR count). The first kappa shape index (κ1) is 9.85. The molecule has 2 heteroatoms. The lowest BCUT2D eigenvalue weighted by Gasteiger charge is -1.92. The Bertz CT molecular complexity index is 651. The molecule has 0 spiro atoms. The Morgan fingerprint density at radius 3 is 2.71 bits per heavy atom. The van der Waals surface area contributed by atoms with E-state index in [1.54, 1.807) is 6.20 Å².